The number of nitrogens with zero attached hydrogens (tertiary/aromatic N) is 6. The lowest BCUT2D eigenvalue weighted by molar-refractivity contribution is -0.0989. The first kappa shape index (κ1) is 18.2. The van der Waals surface area contributed by atoms with Gasteiger partial charge in [0.1, 0.15) is 17.8 Å². The Bertz CT molecular complexity index is 1260. The largest absolute Gasteiger partial charge is 0.373 e. The van der Waals surface area contributed by atoms with Crippen molar-refractivity contribution in [2.45, 2.75) is 37.8 Å². The Hall–Kier alpha value is -3.55. The van der Waals surface area contributed by atoms with Crippen molar-refractivity contribution < 1.29 is 0 Å². The lowest BCUT2D eigenvalue weighted by atomic mass is 9.50. The predicted octanol–water partition coefficient (Wildman–Crippen LogP) is 3.68. The Morgan fingerprint density at radius 2 is 2.00 bits per heavy atom. The van der Waals surface area contributed by atoms with Gasteiger partial charge in [-0.1, -0.05) is 11.3 Å². The topological polar surface area (TPSA) is 93.4 Å². The minimum Gasteiger partial charge on any atom is -0.373 e. The van der Waals surface area contributed by atoms with Gasteiger partial charge in [0, 0.05) is 35.6 Å². The molecule has 3 fully saturated rings. The monoisotopic (exact) mass is 412 g/mol. The second kappa shape index (κ2) is 6.73. The van der Waals surface area contributed by atoms with Crippen molar-refractivity contribution in [2.75, 3.05) is 17.7 Å². The molecule has 4 aromatic rings. The molecule has 2 N–H and O–H groups in total. The fraction of sp³-hybridized carbons (Fsp3) is 0.348. The maximum atomic E-state index is 4.58. The Morgan fingerprint density at radius 3 is 2.74 bits per heavy atom. The third-order valence-electron chi connectivity index (χ3n) is 6.84. The number of anilines is 2. The third kappa shape index (κ3) is 2.85. The first-order chi connectivity index (χ1) is 15.1. The van der Waals surface area contributed by atoms with Crippen molar-refractivity contribution in [1.82, 2.24) is 29.9 Å². The molecule has 3 aliphatic rings. The van der Waals surface area contributed by atoms with E-state index in [1.165, 1.54) is 19.3 Å². The molecule has 8 heteroatoms. The minimum atomic E-state index is -0.157. The highest BCUT2D eigenvalue weighted by molar-refractivity contribution is 5.91. The van der Waals surface area contributed by atoms with Gasteiger partial charge in [-0.15, -0.1) is 5.10 Å². The normalized spacial score (nSPS) is 22.5. The summed E-state index contributed by atoms with van der Waals surface area (Å²) < 4.78 is 2.09. The van der Waals surface area contributed by atoms with Crippen LogP contribution in [-0.2, 0) is 5.54 Å². The van der Waals surface area contributed by atoms with Gasteiger partial charge >= 0.3 is 0 Å². The van der Waals surface area contributed by atoms with Gasteiger partial charge in [-0.3, -0.25) is 4.98 Å². The van der Waals surface area contributed by atoms with Crippen LogP contribution in [0.4, 0.5) is 11.5 Å². The van der Waals surface area contributed by atoms with E-state index in [9.17, 15) is 0 Å². The van der Waals surface area contributed by atoms with E-state index in [0.717, 1.165) is 45.3 Å². The van der Waals surface area contributed by atoms with Crippen LogP contribution in [-0.4, -0.2) is 37.0 Å². The molecule has 3 heterocycles. The van der Waals surface area contributed by atoms with E-state index in [4.69, 9.17) is 0 Å². The lowest BCUT2D eigenvalue weighted by Gasteiger charge is -2.61. The predicted molar refractivity (Wildman–Crippen MR) is 119 cm³/mol. The number of aryl methyl sites for hydroxylation is 1. The van der Waals surface area contributed by atoms with Crippen molar-refractivity contribution in [2.24, 2.45) is 5.92 Å². The summed E-state index contributed by atoms with van der Waals surface area (Å²) in [6, 6.07) is 10.0. The second-order valence-electron chi connectivity index (χ2n) is 8.75. The Labute approximate surface area is 180 Å². The number of rotatable bonds is 6. The zero-order valence-corrected chi connectivity index (χ0v) is 17.6. The molecule has 3 saturated carbocycles. The van der Waals surface area contributed by atoms with E-state index in [0.29, 0.717) is 0 Å². The molecule has 0 aliphatic heterocycles. The zero-order chi connectivity index (χ0) is 21.0. The average Bonchev–Trinajstić information content (AvgIpc) is 3.19. The standard InChI is InChI=1S/C23H24N8/c1-14-17(4-3-7-25-14)21(20-12-31(30-29-20)23-9-15(10-23)11-23)28-16-5-6-19-18(8-16)22(24-2)27-13-26-19/h3-8,12-13,15,21,28H,9-11H2,1-2H3,(H,24,26,27)/t15?,21-,23?/m0/s1. The highest BCUT2D eigenvalue weighted by atomic mass is 15.5. The molecular formula is C23H24N8. The first-order valence-electron chi connectivity index (χ1n) is 10.7. The SMILES string of the molecule is CNc1ncnc2ccc(N[C@H](c3cn(C45CC(C4)C5)nn3)c3cccnc3C)cc12. The summed E-state index contributed by atoms with van der Waals surface area (Å²) in [5.41, 5.74) is 5.04. The zero-order valence-electron chi connectivity index (χ0n) is 17.6. The van der Waals surface area contributed by atoms with Crippen LogP contribution < -0.4 is 10.6 Å². The Morgan fingerprint density at radius 1 is 1.13 bits per heavy atom. The van der Waals surface area contributed by atoms with E-state index < -0.39 is 0 Å². The summed E-state index contributed by atoms with van der Waals surface area (Å²) in [5.74, 6) is 1.70. The Kier molecular flexibility index (Phi) is 3.96. The first-order valence-corrected chi connectivity index (χ1v) is 10.7. The fourth-order valence-electron chi connectivity index (χ4n) is 4.98. The number of nitrogens with one attached hydrogen (secondary N) is 2. The van der Waals surface area contributed by atoms with Crippen LogP contribution in [0.3, 0.4) is 0 Å². The van der Waals surface area contributed by atoms with Gasteiger partial charge in [0.15, 0.2) is 0 Å². The molecule has 0 amide bonds. The molecule has 2 bridgehead atoms. The minimum absolute atomic E-state index is 0.157. The smallest absolute Gasteiger partial charge is 0.137 e. The second-order valence-corrected chi connectivity index (χ2v) is 8.75. The quantitative estimate of drug-likeness (QED) is 0.499. The molecule has 156 valence electrons. The van der Waals surface area contributed by atoms with Gasteiger partial charge < -0.3 is 10.6 Å². The Balaban J connectivity index is 1.40. The van der Waals surface area contributed by atoms with E-state index in [1.54, 1.807) is 6.33 Å². The van der Waals surface area contributed by atoms with Gasteiger partial charge in [0.2, 0.25) is 0 Å². The maximum absolute atomic E-state index is 4.58. The van der Waals surface area contributed by atoms with E-state index >= 15 is 0 Å². The highest BCUT2D eigenvalue weighted by Crippen LogP contribution is 2.61. The van der Waals surface area contributed by atoms with Crippen molar-refractivity contribution in [3.63, 3.8) is 0 Å². The van der Waals surface area contributed by atoms with Gasteiger partial charge in [-0.2, -0.15) is 0 Å². The number of hydrogen-bond donors (Lipinski definition) is 2. The van der Waals surface area contributed by atoms with Crippen molar-refractivity contribution in [1.29, 1.82) is 0 Å². The summed E-state index contributed by atoms with van der Waals surface area (Å²) in [6.07, 6.45) is 9.21. The van der Waals surface area contributed by atoms with Gasteiger partial charge in [-0.05, 0) is 56.4 Å². The summed E-state index contributed by atoms with van der Waals surface area (Å²) >= 11 is 0. The number of fused-ring (bicyclic) bond motifs is 1. The third-order valence-corrected chi connectivity index (χ3v) is 6.84. The molecule has 7 rings (SSSR count). The average molecular weight is 413 g/mol. The molecule has 0 unspecified atom stereocenters. The van der Waals surface area contributed by atoms with E-state index in [2.05, 4.69) is 58.9 Å². The van der Waals surface area contributed by atoms with Crippen LogP contribution in [0.15, 0.2) is 49.1 Å². The molecule has 31 heavy (non-hydrogen) atoms. The summed E-state index contributed by atoms with van der Waals surface area (Å²) in [6.45, 7) is 2.03. The van der Waals surface area contributed by atoms with Crippen LogP contribution in [0.25, 0.3) is 10.9 Å². The van der Waals surface area contributed by atoms with E-state index in [-0.39, 0.29) is 11.6 Å². The maximum Gasteiger partial charge on any atom is 0.137 e. The van der Waals surface area contributed by atoms with E-state index in [1.807, 2.05) is 38.4 Å². The molecule has 0 radical (unpaired) electrons. The number of hydrogen-bond acceptors (Lipinski definition) is 7. The molecule has 1 atom stereocenters. The van der Waals surface area contributed by atoms with Crippen molar-refractivity contribution in [3.05, 3.63) is 66.0 Å². The molecule has 8 nitrogen and oxygen atoms in total. The van der Waals surface area contributed by atoms with Crippen LogP contribution in [0.2, 0.25) is 0 Å². The summed E-state index contributed by atoms with van der Waals surface area (Å²) in [4.78, 5) is 13.2. The molecule has 0 spiro atoms. The summed E-state index contributed by atoms with van der Waals surface area (Å²) in [7, 11) is 1.87. The van der Waals surface area contributed by atoms with Crippen LogP contribution in [0.5, 0.6) is 0 Å². The number of benzene rings is 1. The fourth-order valence-corrected chi connectivity index (χ4v) is 4.98. The molecule has 3 aliphatic carbocycles. The van der Waals surface area contributed by atoms with Crippen LogP contribution in [0.1, 0.15) is 42.3 Å². The molecular weight excluding hydrogens is 388 g/mol. The number of pyridine rings is 1. The van der Waals surface area contributed by atoms with Crippen LogP contribution >= 0.6 is 0 Å². The van der Waals surface area contributed by atoms with Gasteiger partial charge in [0.05, 0.1) is 23.3 Å². The van der Waals surface area contributed by atoms with Crippen molar-refractivity contribution in [3.8, 4) is 0 Å². The van der Waals surface area contributed by atoms with Crippen molar-refractivity contribution >= 4 is 22.4 Å². The van der Waals surface area contributed by atoms with Gasteiger partial charge in [0.25, 0.3) is 0 Å². The lowest BCUT2D eigenvalue weighted by Crippen LogP contribution is -2.59. The number of aromatic nitrogens is 6. The van der Waals surface area contributed by atoms with Gasteiger partial charge in [-0.25, -0.2) is 14.6 Å². The molecule has 3 aromatic heterocycles. The summed E-state index contributed by atoms with van der Waals surface area (Å²) in [5, 5.41) is 16.9. The van der Waals surface area contributed by atoms with Crippen LogP contribution in [0, 0.1) is 12.8 Å². The molecule has 0 saturated heterocycles. The highest BCUT2D eigenvalue weighted by Gasteiger charge is 2.58. The molecule has 1 aromatic carbocycles.